The first-order valence-electron chi connectivity index (χ1n) is 14.3. The van der Waals surface area contributed by atoms with Gasteiger partial charge in [0.25, 0.3) is 10.1 Å². The molecule has 0 aliphatic carbocycles. The van der Waals surface area contributed by atoms with Gasteiger partial charge < -0.3 is 10.4 Å². The van der Waals surface area contributed by atoms with Crippen LogP contribution in [-0.2, 0) is 14.9 Å². The number of carbonyl (C=O) groups excluding carboxylic acids is 1. The zero-order valence-corrected chi connectivity index (χ0v) is 24.1. The second-order valence-electron chi connectivity index (χ2n) is 9.65. The van der Waals surface area contributed by atoms with Crippen molar-refractivity contribution in [1.82, 2.24) is 5.32 Å². The highest BCUT2D eigenvalue weighted by atomic mass is 32.2. The molecule has 0 saturated carbocycles. The summed E-state index contributed by atoms with van der Waals surface area (Å²) in [5.74, 6) is -1.01. The molecule has 0 fully saturated rings. The molecular formula is C30H53NO5S. The Bertz CT molecular complexity index is 771. The van der Waals surface area contributed by atoms with Crippen LogP contribution in [-0.4, -0.2) is 41.9 Å². The molecule has 0 aromatic carbocycles. The van der Waals surface area contributed by atoms with E-state index in [2.05, 4.69) is 55.6 Å². The lowest BCUT2D eigenvalue weighted by molar-refractivity contribution is -0.122. The van der Waals surface area contributed by atoms with Crippen LogP contribution in [0, 0.1) is 0 Å². The Kier molecular flexibility index (Phi) is 23.5. The van der Waals surface area contributed by atoms with Gasteiger partial charge in [-0.15, -0.1) is 0 Å². The molecule has 7 heteroatoms. The molecule has 0 saturated heterocycles. The van der Waals surface area contributed by atoms with Gasteiger partial charge in [0.15, 0.2) is 0 Å². The van der Waals surface area contributed by atoms with Crippen LogP contribution in [0.4, 0.5) is 0 Å². The number of unbranched alkanes of at least 4 members (excludes halogenated alkanes) is 8. The van der Waals surface area contributed by atoms with Crippen molar-refractivity contribution < 1.29 is 22.9 Å². The Labute approximate surface area is 227 Å². The summed E-state index contributed by atoms with van der Waals surface area (Å²) < 4.78 is 32.1. The fourth-order valence-corrected chi connectivity index (χ4v) is 4.69. The number of carbonyl (C=O) groups is 1. The molecule has 3 N–H and O–H groups in total. The highest BCUT2D eigenvalue weighted by molar-refractivity contribution is 7.85. The molecule has 1 amide bonds. The number of nitrogens with one attached hydrogen (secondary N) is 1. The second-order valence-corrected chi connectivity index (χ2v) is 11.1. The van der Waals surface area contributed by atoms with E-state index in [4.69, 9.17) is 0 Å². The van der Waals surface area contributed by atoms with E-state index in [9.17, 15) is 22.9 Å². The van der Waals surface area contributed by atoms with E-state index in [1.54, 1.807) is 0 Å². The average Bonchev–Trinajstić information content (AvgIpc) is 2.84. The minimum atomic E-state index is -4.32. The lowest BCUT2D eigenvalue weighted by Crippen LogP contribution is -2.47. The third kappa shape index (κ3) is 25.7. The van der Waals surface area contributed by atoms with Gasteiger partial charge in [-0.05, 0) is 38.5 Å². The molecule has 0 bridgehead atoms. The molecular weight excluding hydrogens is 486 g/mol. The normalized spacial score (nSPS) is 14.4. The number of aliphatic hydroxyl groups excluding tert-OH is 1. The average molecular weight is 540 g/mol. The van der Waals surface area contributed by atoms with Gasteiger partial charge in [-0.2, -0.15) is 8.42 Å². The van der Waals surface area contributed by atoms with E-state index >= 15 is 0 Å². The van der Waals surface area contributed by atoms with Crippen LogP contribution >= 0.6 is 0 Å². The molecule has 0 rings (SSSR count). The van der Waals surface area contributed by atoms with E-state index < -0.39 is 28.0 Å². The highest BCUT2D eigenvalue weighted by Crippen LogP contribution is 2.13. The number of hydrogen-bond donors (Lipinski definition) is 3. The lowest BCUT2D eigenvalue weighted by Gasteiger charge is -2.23. The molecule has 214 valence electrons. The molecule has 0 radical (unpaired) electrons. The van der Waals surface area contributed by atoms with Gasteiger partial charge in [0, 0.05) is 6.42 Å². The predicted molar refractivity (Wildman–Crippen MR) is 156 cm³/mol. The maximum Gasteiger partial charge on any atom is 0.266 e. The first-order chi connectivity index (χ1) is 17.8. The van der Waals surface area contributed by atoms with Gasteiger partial charge in [-0.25, -0.2) is 0 Å². The summed E-state index contributed by atoms with van der Waals surface area (Å²) in [6.07, 6.45) is 30.8. The van der Waals surface area contributed by atoms with Crippen molar-refractivity contribution in [3.8, 4) is 0 Å². The lowest BCUT2D eigenvalue weighted by atomic mass is 10.0. The minimum Gasteiger partial charge on any atom is -0.391 e. The number of aliphatic hydroxyl groups is 1. The fourth-order valence-electron chi connectivity index (χ4n) is 3.93. The third-order valence-electron chi connectivity index (χ3n) is 6.06. The summed E-state index contributed by atoms with van der Waals surface area (Å²) in [6.45, 7) is 4.32. The van der Waals surface area contributed by atoms with Crippen LogP contribution in [0.2, 0.25) is 0 Å². The summed E-state index contributed by atoms with van der Waals surface area (Å²) >= 11 is 0. The molecule has 2 atom stereocenters. The molecule has 0 aliphatic heterocycles. The topological polar surface area (TPSA) is 104 Å². The van der Waals surface area contributed by atoms with Crippen LogP contribution in [0.1, 0.15) is 117 Å². The summed E-state index contributed by atoms with van der Waals surface area (Å²) in [6, 6.07) is -1.01. The smallest absolute Gasteiger partial charge is 0.266 e. The number of amides is 1. The quantitative estimate of drug-likeness (QED) is 0.0682. The Morgan fingerprint density at radius 1 is 0.757 bits per heavy atom. The SMILES string of the molecule is CC/C=C\C/C=C\C/C=C\C/C=C\CCC(=O)NC(CS(=O)(=O)O)C(O)CCCCCCCCCCC. The molecule has 0 aromatic heterocycles. The zero-order valence-electron chi connectivity index (χ0n) is 23.3. The molecule has 0 aliphatic rings. The summed E-state index contributed by atoms with van der Waals surface area (Å²) in [5, 5.41) is 13.1. The van der Waals surface area contributed by atoms with Crippen LogP contribution in [0.25, 0.3) is 0 Å². The van der Waals surface area contributed by atoms with Crippen molar-refractivity contribution in [2.75, 3.05) is 5.75 Å². The minimum absolute atomic E-state index is 0.195. The second kappa shape index (κ2) is 24.6. The fraction of sp³-hybridized carbons (Fsp3) is 0.700. The third-order valence-corrected chi connectivity index (χ3v) is 6.84. The van der Waals surface area contributed by atoms with Gasteiger partial charge in [0.05, 0.1) is 17.9 Å². The van der Waals surface area contributed by atoms with Gasteiger partial charge >= 0.3 is 0 Å². The molecule has 0 spiro atoms. The van der Waals surface area contributed by atoms with Crippen molar-refractivity contribution in [3.05, 3.63) is 48.6 Å². The summed E-state index contributed by atoms with van der Waals surface area (Å²) in [7, 11) is -4.32. The van der Waals surface area contributed by atoms with Crippen LogP contribution in [0.5, 0.6) is 0 Å². The Morgan fingerprint density at radius 3 is 1.76 bits per heavy atom. The van der Waals surface area contributed by atoms with Crippen LogP contribution in [0.3, 0.4) is 0 Å². The first-order valence-corrected chi connectivity index (χ1v) is 15.9. The Balaban J connectivity index is 4.22. The van der Waals surface area contributed by atoms with E-state index in [0.29, 0.717) is 12.8 Å². The molecule has 37 heavy (non-hydrogen) atoms. The monoisotopic (exact) mass is 539 g/mol. The number of rotatable bonds is 24. The maximum atomic E-state index is 12.3. The van der Waals surface area contributed by atoms with Gasteiger partial charge in [0.2, 0.25) is 5.91 Å². The van der Waals surface area contributed by atoms with E-state index in [0.717, 1.165) is 44.9 Å². The van der Waals surface area contributed by atoms with Gasteiger partial charge in [-0.1, -0.05) is 120 Å². The zero-order chi connectivity index (χ0) is 27.6. The van der Waals surface area contributed by atoms with Crippen LogP contribution < -0.4 is 5.32 Å². The highest BCUT2D eigenvalue weighted by Gasteiger charge is 2.25. The van der Waals surface area contributed by atoms with E-state index in [1.165, 1.54) is 38.5 Å². The number of hydrogen-bond acceptors (Lipinski definition) is 4. The summed E-state index contributed by atoms with van der Waals surface area (Å²) in [5.41, 5.74) is 0. The van der Waals surface area contributed by atoms with Gasteiger partial charge in [0.1, 0.15) is 0 Å². The van der Waals surface area contributed by atoms with E-state index in [-0.39, 0.29) is 12.3 Å². The number of allylic oxidation sites excluding steroid dienone is 8. The van der Waals surface area contributed by atoms with Crippen molar-refractivity contribution in [1.29, 1.82) is 0 Å². The molecule has 2 unspecified atom stereocenters. The van der Waals surface area contributed by atoms with Crippen LogP contribution in [0.15, 0.2) is 48.6 Å². The standard InChI is InChI=1S/C30H53NO5S/c1-3-5-7-9-11-13-14-15-16-18-20-22-24-26-30(33)31-28(27-37(34,35)36)29(32)25-23-21-19-17-12-10-8-6-4-2/h5,7,11,13,15-16,20,22,28-29,32H,3-4,6,8-10,12,14,17-19,21,23-27H2,1-2H3,(H,31,33)(H,34,35,36)/b7-5-,13-11-,16-15-,22-20-. The maximum absolute atomic E-state index is 12.3. The predicted octanol–water partition coefficient (Wildman–Crippen LogP) is 7.23. The molecule has 6 nitrogen and oxygen atoms in total. The summed E-state index contributed by atoms with van der Waals surface area (Å²) in [4.78, 5) is 12.3. The Morgan fingerprint density at radius 2 is 1.24 bits per heavy atom. The van der Waals surface area contributed by atoms with Crippen molar-refractivity contribution in [3.63, 3.8) is 0 Å². The van der Waals surface area contributed by atoms with Crippen molar-refractivity contribution >= 4 is 16.0 Å². The largest absolute Gasteiger partial charge is 0.391 e. The molecule has 0 heterocycles. The molecule has 0 aromatic rings. The van der Waals surface area contributed by atoms with Crippen molar-refractivity contribution in [2.45, 2.75) is 129 Å². The van der Waals surface area contributed by atoms with E-state index in [1.807, 2.05) is 12.2 Å². The first kappa shape index (κ1) is 35.3. The Hall–Kier alpha value is -1.70. The van der Waals surface area contributed by atoms with Gasteiger partial charge in [-0.3, -0.25) is 9.35 Å². The van der Waals surface area contributed by atoms with Crippen molar-refractivity contribution in [2.24, 2.45) is 0 Å².